The van der Waals surface area contributed by atoms with Crippen LogP contribution in [0.25, 0.3) is 22.3 Å². The van der Waals surface area contributed by atoms with E-state index in [0.29, 0.717) is 55.9 Å². The zero-order valence-corrected chi connectivity index (χ0v) is 50.3. The van der Waals surface area contributed by atoms with E-state index >= 15 is 0 Å². The molecule has 22 heteroatoms. The van der Waals surface area contributed by atoms with Gasteiger partial charge in [0.1, 0.15) is 96.3 Å². The Morgan fingerprint density at radius 1 is 0.479 bits per heavy atom. The Morgan fingerprint density at radius 2 is 0.872 bits per heavy atom. The van der Waals surface area contributed by atoms with E-state index < -0.39 is 116 Å². The molecule has 15 unspecified atom stereocenters. The van der Waals surface area contributed by atoms with Gasteiger partial charge in [-0.25, -0.2) is 8.78 Å². The first-order chi connectivity index (χ1) is 45.3. The largest absolute Gasteiger partial charge is 0.508 e. The van der Waals surface area contributed by atoms with Crippen LogP contribution in [0.3, 0.4) is 0 Å². The first kappa shape index (κ1) is 66.8. The van der Waals surface area contributed by atoms with Crippen LogP contribution >= 0.6 is 0 Å². The van der Waals surface area contributed by atoms with Crippen LogP contribution in [0.1, 0.15) is 81.4 Å². The molecule has 4 fully saturated rings. The molecule has 0 spiro atoms. The van der Waals surface area contributed by atoms with Crippen molar-refractivity contribution in [1.29, 1.82) is 0 Å². The number of amides is 2. The highest BCUT2D eigenvalue weighted by Gasteiger charge is 2.53. The minimum atomic E-state index is -1.49. The van der Waals surface area contributed by atoms with E-state index in [2.05, 4.69) is 0 Å². The van der Waals surface area contributed by atoms with Gasteiger partial charge < -0.3 is 75.1 Å². The number of carbonyl (C=O) groups is 3. The Labute approximate surface area is 538 Å². The molecule has 0 radical (unpaired) electrons. The number of β-lactam (4-membered cyclic amide) rings is 2. The number of nitrogens with zero attached hydrogens (tertiary/aromatic N) is 2. The first-order valence-corrected chi connectivity index (χ1v) is 30.5. The number of phenolic OH excluding ortho intramolecular Hbond substituents is 2. The molecule has 0 saturated carbocycles. The van der Waals surface area contributed by atoms with Crippen molar-refractivity contribution in [3.8, 4) is 33.8 Å². The molecule has 8 aromatic rings. The molecule has 20 nitrogen and oxygen atoms in total. The summed E-state index contributed by atoms with van der Waals surface area (Å²) in [5, 5.41) is 113. The maximum absolute atomic E-state index is 13.3. The number of Topliss-reactive ketones (excluding diaryl/α,β-unsaturated/α-hetero) is 1. The number of ketones is 1. The minimum absolute atomic E-state index is 0.0164. The highest BCUT2D eigenvalue weighted by molar-refractivity contribution is 6.06. The normalized spacial score (nSPS) is 26.2. The molecule has 0 aromatic heterocycles. The van der Waals surface area contributed by atoms with E-state index in [1.807, 2.05) is 24.3 Å². The summed E-state index contributed by atoms with van der Waals surface area (Å²) >= 11 is 0. The average molecular weight is 1290 g/mol. The fourth-order valence-electron chi connectivity index (χ4n) is 12.3. The van der Waals surface area contributed by atoms with Gasteiger partial charge in [-0.2, -0.15) is 0 Å². The molecule has 4 aliphatic heterocycles. The van der Waals surface area contributed by atoms with Crippen molar-refractivity contribution >= 4 is 29.0 Å². The molecule has 4 aliphatic rings. The fraction of sp³-hybridized carbons (Fsp3) is 0.292. The molecule has 94 heavy (non-hydrogen) atoms. The minimum Gasteiger partial charge on any atom is -0.508 e. The molecular weight excluding hydrogens is 1220 g/mol. The third kappa shape index (κ3) is 13.9. The second-order valence-corrected chi connectivity index (χ2v) is 23.4. The predicted octanol–water partition coefficient (Wildman–Crippen LogP) is 6.77. The Hall–Kier alpha value is -8.69. The lowest BCUT2D eigenvalue weighted by Crippen LogP contribution is -2.60. The molecule has 0 bridgehead atoms. The highest BCUT2D eigenvalue weighted by Crippen LogP contribution is 2.47. The van der Waals surface area contributed by atoms with Gasteiger partial charge in [-0.3, -0.25) is 24.2 Å². The van der Waals surface area contributed by atoms with Gasteiger partial charge in [0, 0.05) is 40.9 Å². The van der Waals surface area contributed by atoms with Crippen LogP contribution in [-0.2, 0) is 28.5 Å². The van der Waals surface area contributed by atoms with Crippen molar-refractivity contribution in [1.82, 2.24) is 0 Å². The zero-order chi connectivity index (χ0) is 66.5. The number of aliphatic hydroxyl groups is 9. The zero-order valence-electron chi connectivity index (χ0n) is 50.3. The van der Waals surface area contributed by atoms with Gasteiger partial charge in [-0.05, 0) is 112 Å². The molecule has 4 heterocycles. The molecule has 12 rings (SSSR count). The van der Waals surface area contributed by atoms with Gasteiger partial charge in [0.15, 0.2) is 18.0 Å². The maximum atomic E-state index is 13.3. The number of carbonyl (C=O) groups excluding carboxylic acids is 3. The van der Waals surface area contributed by atoms with Crippen LogP contribution in [0.4, 0.5) is 20.2 Å². The monoisotopic (exact) mass is 1290 g/mol. The van der Waals surface area contributed by atoms with E-state index in [1.165, 1.54) is 53.4 Å². The van der Waals surface area contributed by atoms with Crippen LogP contribution in [0.2, 0.25) is 0 Å². The van der Waals surface area contributed by atoms with Crippen LogP contribution in [0.5, 0.6) is 11.5 Å². The van der Waals surface area contributed by atoms with Gasteiger partial charge in [-0.1, -0.05) is 121 Å². The molecule has 0 aliphatic carbocycles. The maximum Gasteiger partial charge on any atom is 0.259 e. The second kappa shape index (κ2) is 29.3. The lowest BCUT2D eigenvalue weighted by molar-refractivity contribution is -0.231. The van der Waals surface area contributed by atoms with E-state index in [4.69, 9.17) is 18.9 Å². The summed E-state index contributed by atoms with van der Waals surface area (Å²) in [6, 6.07) is 51.4. The number of aromatic hydroxyl groups is 2. The lowest BCUT2D eigenvalue weighted by atomic mass is 9.87. The van der Waals surface area contributed by atoms with Gasteiger partial charge >= 0.3 is 0 Å². The predicted molar refractivity (Wildman–Crippen MR) is 337 cm³/mol. The fourth-order valence-corrected chi connectivity index (χ4v) is 12.3. The number of para-hydroxylation sites is 2. The Bertz CT molecular complexity index is 3890. The van der Waals surface area contributed by atoms with Crippen molar-refractivity contribution in [2.75, 3.05) is 36.2 Å². The van der Waals surface area contributed by atoms with Crippen LogP contribution < -0.4 is 9.80 Å². The molecule has 4 saturated heterocycles. The molecule has 8 aromatic carbocycles. The topological polar surface area (TPSA) is 317 Å². The first-order valence-electron chi connectivity index (χ1n) is 30.5. The molecular formula is C72H70F2N2O18. The van der Waals surface area contributed by atoms with Crippen molar-refractivity contribution in [3.05, 3.63) is 239 Å². The molecule has 11 N–H and O–H groups in total. The SMILES string of the molecule is O=C(CCOC1C(=O)N(c2ccccc2)C1c1ccc(-c2ccc(C3OC(CO)C(O)C(O)C3O)cc2)cc1O)c1ccc(F)cc1.O=C1C(OCCC(O)c2ccc(F)cc2)C(c2ccc(-c3ccc(C4OC(CO)C(O)C(O)C4O)cc3)cc2O)N1c1ccccc1. The average Bonchev–Trinajstić information content (AvgIpc) is 0.744. The summed E-state index contributed by atoms with van der Waals surface area (Å²) in [7, 11) is 0. The highest BCUT2D eigenvalue weighted by atomic mass is 19.1. The number of halogens is 2. The summed E-state index contributed by atoms with van der Waals surface area (Å²) in [6.07, 6.45) is -15.3. The van der Waals surface area contributed by atoms with Crippen LogP contribution in [0, 0.1) is 11.6 Å². The van der Waals surface area contributed by atoms with Gasteiger partial charge in [-0.15, -0.1) is 0 Å². The quantitative estimate of drug-likeness (QED) is 0.0277. The van der Waals surface area contributed by atoms with E-state index in [0.717, 1.165) is 11.1 Å². The third-order valence-electron chi connectivity index (χ3n) is 17.5. The number of rotatable bonds is 20. The number of aliphatic hydroxyl groups excluding tert-OH is 9. The number of hydrogen-bond acceptors (Lipinski definition) is 18. The Kier molecular flexibility index (Phi) is 20.8. The summed E-state index contributed by atoms with van der Waals surface area (Å²) < 4.78 is 49.7. The van der Waals surface area contributed by atoms with Crippen molar-refractivity contribution in [2.45, 2.75) is 104 Å². The number of hydrogen-bond donors (Lipinski definition) is 11. The van der Waals surface area contributed by atoms with Crippen molar-refractivity contribution < 1.29 is 98.3 Å². The van der Waals surface area contributed by atoms with E-state index in [1.54, 1.807) is 126 Å². The van der Waals surface area contributed by atoms with E-state index in [9.17, 15) is 79.3 Å². The molecule has 490 valence electrons. The Morgan fingerprint density at radius 3 is 1.28 bits per heavy atom. The second-order valence-electron chi connectivity index (χ2n) is 23.4. The standard InChI is InChI=1S/C36H36FNO9.C36H34FNO9/c2*37-24-13-10-21(11-14-24)27(40)16-17-46-35-30(38(36(35)45)25-4-2-1-3-5-25)26-15-12-23(18-28(26)41)20-6-8-22(9-7-20)34-33(44)32(43)31(42)29(19-39)47-34/h1-15,18,27,29-35,39-44H,16-17,19H2;1-15,18,29-35,39,41-44H,16-17,19H2. The van der Waals surface area contributed by atoms with Crippen molar-refractivity contribution in [2.24, 2.45) is 0 Å². The summed E-state index contributed by atoms with van der Waals surface area (Å²) in [5.74, 6) is -1.84. The van der Waals surface area contributed by atoms with Crippen LogP contribution in [-0.4, -0.2) is 161 Å². The lowest BCUT2D eigenvalue weighted by Gasteiger charge is -2.47. The van der Waals surface area contributed by atoms with Crippen molar-refractivity contribution in [3.63, 3.8) is 0 Å². The summed E-state index contributed by atoms with van der Waals surface area (Å²) in [4.78, 5) is 42.3. The summed E-state index contributed by atoms with van der Waals surface area (Å²) in [6.45, 7) is -1.05. The van der Waals surface area contributed by atoms with Gasteiger partial charge in [0.05, 0.1) is 32.5 Å². The number of ether oxygens (including phenoxy) is 4. The number of phenols is 2. The Balaban J connectivity index is 0.000000192. The van der Waals surface area contributed by atoms with Gasteiger partial charge in [0.25, 0.3) is 11.8 Å². The number of benzene rings is 8. The third-order valence-corrected chi connectivity index (χ3v) is 17.5. The van der Waals surface area contributed by atoms with Gasteiger partial charge in [0.2, 0.25) is 0 Å². The molecule has 15 atom stereocenters. The smallest absolute Gasteiger partial charge is 0.259 e. The number of anilines is 2. The van der Waals surface area contributed by atoms with E-state index in [-0.39, 0.29) is 55.2 Å². The molecule has 2 amide bonds. The summed E-state index contributed by atoms with van der Waals surface area (Å²) in [5.41, 5.74) is 6.89. The van der Waals surface area contributed by atoms with Crippen LogP contribution in [0.15, 0.2) is 194 Å².